The summed E-state index contributed by atoms with van der Waals surface area (Å²) in [5.41, 5.74) is 0.666. The smallest absolute Gasteiger partial charge is 0.312 e. The molecule has 0 aliphatic carbocycles. The van der Waals surface area contributed by atoms with Crippen LogP contribution < -0.4 is 5.32 Å². The molecule has 0 heterocycles. The predicted octanol–water partition coefficient (Wildman–Crippen LogP) is 1.16. The van der Waals surface area contributed by atoms with Crippen molar-refractivity contribution in [1.82, 2.24) is 5.32 Å². The molecule has 1 atom stereocenters. The maximum Gasteiger partial charge on any atom is 0.312 e. The standard InChI is InChI=1S/C12H13NO3/c1-2-11(14)13-8-10(12(15)16)9-6-4-3-5-7-9/h2-7,10H,1,8H2,(H,13,14)(H,15,16). The van der Waals surface area contributed by atoms with Crippen LogP contribution in [0.15, 0.2) is 43.0 Å². The Kier molecular flexibility index (Phi) is 4.27. The predicted molar refractivity (Wildman–Crippen MR) is 60.0 cm³/mol. The third-order valence-corrected chi connectivity index (χ3v) is 2.17. The van der Waals surface area contributed by atoms with Crippen LogP contribution in [0.2, 0.25) is 0 Å². The summed E-state index contributed by atoms with van der Waals surface area (Å²) < 4.78 is 0. The molecule has 1 aromatic rings. The molecule has 0 aromatic heterocycles. The van der Waals surface area contributed by atoms with Crippen LogP contribution in [0.3, 0.4) is 0 Å². The van der Waals surface area contributed by atoms with Gasteiger partial charge in [0.2, 0.25) is 5.91 Å². The molecular formula is C12H13NO3. The summed E-state index contributed by atoms with van der Waals surface area (Å²) in [4.78, 5) is 22.0. The lowest BCUT2D eigenvalue weighted by molar-refractivity contribution is -0.138. The highest BCUT2D eigenvalue weighted by molar-refractivity contribution is 5.87. The number of carbonyl (C=O) groups is 2. The van der Waals surface area contributed by atoms with Gasteiger partial charge in [-0.15, -0.1) is 0 Å². The number of carboxylic acids is 1. The van der Waals surface area contributed by atoms with E-state index in [4.69, 9.17) is 5.11 Å². The number of rotatable bonds is 5. The molecule has 1 aromatic carbocycles. The summed E-state index contributed by atoms with van der Waals surface area (Å²) in [5, 5.41) is 11.5. The van der Waals surface area contributed by atoms with Crippen molar-refractivity contribution in [2.45, 2.75) is 5.92 Å². The molecule has 0 radical (unpaired) electrons. The molecular weight excluding hydrogens is 206 g/mol. The number of nitrogens with one attached hydrogen (secondary N) is 1. The first-order chi connectivity index (χ1) is 7.65. The maximum absolute atomic E-state index is 11.0. The Morgan fingerprint density at radius 2 is 2.00 bits per heavy atom. The Balaban J connectivity index is 2.73. The van der Waals surface area contributed by atoms with Crippen molar-refractivity contribution in [3.05, 3.63) is 48.6 Å². The number of hydrogen-bond donors (Lipinski definition) is 2. The number of carboxylic acid groups (broad SMARTS) is 1. The molecule has 4 nitrogen and oxygen atoms in total. The zero-order chi connectivity index (χ0) is 12.0. The lowest BCUT2D eigenvalue weighted by Gasteiger charge is -2.12. The van der Waals surface area contributed by atoms with Gasteiger partial charge < -0.3 is 10.4 Å². The Hall–Kier alpha value is -2.10. The van der Waals surface area contributed by atoms with E-state index in [1.807, 2.05) is 6.07 Å². The van der Waals surface area contributed by atoms with Crippen molar-refractivity contribution in [2.24, 2.45) is 0 Å². The van der Waals surface area contributed by atoms with Gasteiger partial charge >= 0.3 is 5.97 Å². The fourth-order valence-corrected chi connectivity index (χ4v) is 1.31. The van der Waals surface area contributed by atoms with E-state index in [1.54, 1.807) is 24.3 Å². The quantitative estimate of drug-likeness (QED) is 0.730. The summed E-state index contributed by atoms with van der Waals surface area (Å²) in [6, 6.07) is 8.78. The van der Waals surface area contributed by atoms with Gasteiger partial charge in [-0.1, -0.05) is 36.9 Å². The summed E-state index contributed by atoms with van der Waals surface area (Å²) in [5.74, 6) is -2.07. The second-order valence-electron chi connectivity index (χ2n) is 3.25. The third-order valence-electron chi connectivity index (χ3n) is 2.17. The van der Waals surface area contributed by atoms with Crippen LogP contribution in [0.1, 0.15) is 11.5 Å². The van der Waals surface area contributed by atoms with Crippen molar-refractivity contribution in [2.75, 3.05) is 6.54 Å². The van der Waals surface area contributed by atoms with E-state index in [0.717, 1.165) is 6.08 Å². The van der Waals surface area contributed by atoms with Gasteiger partial charge in [0.25, 0.3) is 0 Å². The Morgan fingerprint density at radius 1 is 1.38 bits per heavy atom. The van der Waals surface area contributed by atoms with Crippen LogP contribution in [-0.2, 0) is 9.59 Å². The zero-order valence-electron chi connectivity index (χ0n) is 8.72. The molecule has 0 saturated heterocycles. The minimum atomic E-state index is -0.962. The minimum absolute atomic E-state index is 0.0597. The molecule has 0 spiro atoms. The Bertz CT molecular complexity index is 387. The fourth-order valence-electron chi connectivity index (χ4n) is 1.31. The molecule has 0 fully saturated rings. The number of amides is 1. The molecule has 0 aliphatic rings. The van der Waals surface area contributed by atoms with E-state index >= 15 is 0 Å². The minimum Gasteiger partial charge on any atom is -0.481 e. The topological polar surface area (TPSA) is 66.4 Å². The lowest BCUT2D eigenvalue weighted by atomic mass is 9.99. The van der Waals surface area contributed by atoms with E-state index in [2.05, 4.69) is 11.9 Å². The van der Waals surface area contributed by atoms with Gasteiger partial charge in [0.05, 0.1) is 5.92 Å². The van der Waals surface area contributed by atoms with Crippen LogP contribution in [0.25, 0.3) is 0 Å². The van der Waals surface area contributed by atoms with Gasteiger partial charge in [-0.3, -0.25) is 9.59 Å². The highest BCUT2D eigenvalue weighted by Gasteiger charge is 2.19. The van der Waals surface area contributed by atoms with Crippen molar-refractivity contribution >= 4 is 11.9 Å². The van der Waals surface area contributed by atoms with Crippen LogP contribution in [0.5, 0.6) is 0 Å². The molecule has 2 N–H and O–H groups in total. The Labute approximate surface area is 93.6 Å². The Morgan fingerprint density at radius 3 is 2.50 bits per heavy atom. The van der Waals surface area contributed by atoms with Gasteiger partial charge in [-0.2, -0.15) is 0 Å². The summed E-state index contributed by atoms with van der Waals surface area (Å²) in [6.45, 7) is 3.36. The van der Waals surface area contributed by atoms with Crippen LogP contribution in [0.4, 0.5) is 0 Å². The van der Waals surface area contributed by atoms with E-state index in [-0.39, 0.29) is 12.5 Å². The lowest BCUT2D eigenvalue weighted by Crippen LogP contribution is -2.30. The molecule has 0 saturated carbocycles. The molecule has 1 rings (SSSR count). The molecule has 16 heavy (non-hydrogen) atoms. The van der Waals surface area contributed by atoms with Gasteiger partial charge in [-0.05, 0) is 11.6 Å². The number of aliphatic carboxylic acids is 1. The van der Waals surface area contributed by atoms with E-state index in [9.17, 15) is 9.59 Å². The molecule has 0 bridgehead atoms. The first-order valence-corrected chi connectivity index (χ1v) is 4.83. The number of benzene rings is 1. The summed E-state index contributed by atoms with van der Waals surface area (Å²) >= 11 is 0. The number of carbonyl (C=O) groups excluding carboxylic acids is 1. The van der Waals surface area contributed by atoms with Gasteiger partial charge in [0.15, 0.2) is 0 Å². The fraction of sp³-hybridized carbons (Fsp3) is 0.167. The van der Waals surface area contributed by atoms with Crippen molar-refractivity contribution in [3.63, 3.8) is 0 Å². The van der Waals surface area contributed by atoms with E-state index in [1.165, 1.54) is 0 Å². The molecule has 84 valence electrons. The number of hydrogen-bond acceptors (Lipinski definition) is 2. The van der Waals surface area contributed by atoms with E-state index in [0.29, 0.717) is 5.56 Å². The van der Waals surface area contributed by atoms with Gasteiger partial charge in [-0.25, -0.2) is 0 Å². The first kappa shape index (κ1) is 12.0. The highest BCUT2D eigenvalue weighted by Crippen LogP contribution is 2.14. The molecule has 4 heteroatoms. The average Bonchev–Trinajstić information content (AvgIpc) is 2.30. The van der Waals surface area contributed by atoms with Crippen molar-refractivity contribution in [3.8, 4) is 0 Å². The van der Waals surface area contributed by atoms with Crippen LogP contribution >= 0.6 is 0 Å². The second-order valence-corrected chi connectivity index (χ2v) is 3.25. The second kappa shape index (κ2) is 5.70. The van der Waals surface area contributed by atoms with E-state index < -0.39 is 11.9 Å². The highest BCUT2D eigenvalue weighted by atomic mass is 16.4. The van der Waals surface area contributed by atoms with Crippen molar-refractivity contribution < 1.29 is 14.7 Å². The molecule has 0 aliphatic heterocycles. The van der Waals surface area contributed by atoms with Gasteiger partial charge in [0.1, 0.15) is 0 Å². The first-order valence-electron chi connectivity index (χ1n) is 4.83. The van der Waals surface area contributed by atoms with Crippen LogP contribution in [-0.4, -0.2) is 23.5 Å². The molecule has 1 amide bonds. The monoisotopic (exact) mass is 219 g/mol. The third kappa shape index (κ3) is 3.24. The largest absolute Gasteiger partial charge is 0.481 e. The SMILES string of the molecule is C=CC(=O)NCC(C(=O)O)c1ccccc1. The van der Waals surface area contributed by atoms with Gasteiger partial charge in [0, 0.05) is 6.54 Å². The zero-order valence-corrected chi connectivity index (χ0v) is 8.72. The summed E-state index contributed by atoms with van der Waals surface area (Å²) in [6.07, 6.45) is 1.11. The van der Waals surface area contributed by atoms with Crippen molar-refractivity contribution in [1.29, 1.82) is 0 Å². The average molecular weight is 219 g/mol. The normalized spacial score (nSPS) is 11.5. The summed E-state index contributed by atoms with van der Waals surface area (Å²) in [7, 11) is 0. The van der Waals surface area contributed by atoms with Crippen LogP contribution in [0, 0.1) is 0 Å². The maximum atomic E-state index is 11.0. The molecule has 1 unspecified atom stereocenters.